The number of carbonyl (C=O) groups is 3. The normalized spacial score (nSPS) is 14.6. The van der Waals surface area contributed by atoms with Crippen LogP contribution in [0.2, 0.25) is 5.02 Å². The van der Waals surface area contributed by atoms with Gasteiger partial charge in [0, 0.05) is 32.7 Å². The van der Waals surface area contributed by atoms with Crippen molar-refractivity contribution in [3.8, 4) is 5.75 Å². The molecule has 6 nitrogen and oxygen atoms in total. The quantitative estimate of drug-likeness (QED) is 0.274. The molecule has 0 spiro atoms. The van der Waals surface area contributed by atoms with Crippen LogP contribution in [0.3, 0.4) is 0 Å². The van der Waals surface area contributed by atoms with Gasteiger partial charge in [-0.15, -0.1) is 0 Å². The maximum Gasteiger partial charge on any atom is 0.338 e. The van der Waals surface area contributed by atoms with Crippen molar-refractivity contribution in [2.45, 2.75) is 19.5 Å². The Balaban J connectivity index is 1.98. The topological polar surface area (TPSA) is 72.9 Å². The van der Waals surface area contributed by atoms with Crippen LogP contribution in [0.5, 0.6) is 5.75 Å². The summed E-state index contributed by atoms with van der Waals surface area (Å²) < 4.78 is 24.8. The molecule has 1 aliphatic heterocycles. The molecular formula is C26H20BrClFNO5. The summed E-state index contributed by atoms with van der Waals surface area (Å²) in [6.07, 6.45) is 0. The molecule has 4 rings (SSSR count). The van der Waals surface area contributed by atoms with Gasteiger partial charge in [0.25, 0.3) is 5.91 Å². The molecule has 1 aliphatic rings. The molecule has 0 saturated heterocycles. The smallest absolute Gasteiger partial charge is 0.338 e. The second-order valence-corrected chi connectivity index (χ2v) is 9.23. The van der Waals surface area contributed by atoms with Crippen LogP contribution in [0.15, 0.2) is 53.0 Å². The first-order chi connectivity index (χ1) is 16.7. The Hall–Kier alpha value is -3.23. The number of methoxy groups -OCH3 is 2. The Morgan fingerprint density at radius 3 is 2.40 bits per heavy atom. The third-order valence-corrected chi connectivity index (χ3v) is 6.90. The molecule has 35 heavy (non-hydrogen) atoms. The van der Waals surface area contributed by atoms with Crippen molar-refractivity contribution >= 4 is 45.2 Å². The molecule has 1 amide bonds. The van der Waals surface area contributed by atoms with Crippen LogP contribution in [0, 0.1) is 5.82 Å². The number of benzene rings is 3. The van der Waals surface area contributed by atoms with Gasteiger partial charge in [0.15, 0.2) is 5.78 Å². The second kappa shape index (κ2) is 9.79. The van der Waals surface area contributed by atoms with Crippen LogP contribution in [0.4, 0.5) is 4.39 Å². The second-order valence-electron chi connectivity index (χ2n) is 7.97. The van der Waals surface area contributed by atoms with E-state index >= 15 is 0 Å². The lowest BCUT2D eigenvalue weighted by Gasteiger charge is -2.27. The number of ketones is 1. The molecule has 1 unspecified atom stereocenters. The zero-order chi connectivity index (χ0) is 25.4. The minimum atomic E-state index is -0.818. The van der Waals surface area contributed by atoms with E-state index < -0.39 is 29.5 Å². The van der Waals surface area contributed by atoms with Crippen molar-refractivity contribution in [2.75, 3.05) is 14.2 Å². The number of Topliss-reactive ketones (excluding diaryl/α,β-unsaturated/α-hetero) is 1. The fraction of sp³-hybridized carbons (Fsp3) is 0.192. The van der Waals surface area contributed by atoms with Crippen molar-refractivity contribution in [3.05, 3.63) is 97.2 Å². The summed E-state index contributed by atoms with van der Waals surface area (Å²) in [6.45, 7) is 1.41. The van der Waals surface area contributed by atoms with Gasteiger partial charge in [0.2, 0.25) is 0 Å². The number of fused-ring (bicyclic) bond motifs is 1. The molecule has 3 aromatic carbocycles. The molecule has 9 heteroatoms. The van der Waals surface area contributed by atoms with Gasteiger partial charge in [-0.2, -0.15) is 0 Å². The number of nitrogens with zero attached hydrogens (tertiary/aromatic N) is 1. The maximum absolute atomic E-state index is 14.3. The first-order valence-electron chi connectivity index (χ1n) is 10.5. The van der Waals surface area contributed by atoms with Gasteiger partial charge < -0.3 is 14.4 Å². The monoisotopic (exact) mass is 559 g/mol. The van der Waals surface area contributed by atoms with E-state index in [2.05, 4.69) is 15.9 Å². The van der Waals surface area contributed by atoms with Gasteiger partial charge in [-0.3, -0.25) is 9.59 Å². The van der Waals surface area contributed by atoms with E-state index in [0.29, 0.717) is 21.3 Å². The number of carbonyl (C=O) groups excluding carboxylic acids is 3. The van der Waals surface area contributed by atoms with Crippen LogP contribution in [0.25, 0.3) is 0 Å². The fourth-order valence-corrected chi connectivity index (χ4v) is 5.21. The van der Waals surface area contributed by atoms with Crippen molar-refractivity contribution < 1.29 is 28.2 Å². The predicted molar refractivity (Wildman–Crippen MR) is 132 cm³/mol. The van der Waals surface area contributed by atoms with Gasteiger partial charge in [-0.25, -0.2) is 9.18 Å². The molecule has 0 fully saturated rings. The zero-order valence-corrected chi connectivity index (χ0v) is 21.4. The summed E-state index contributed by atoms with van der Waals surface area (Å²) in [7, 11) is 2.75. The van der Waals surface area contributed by atoms with Crippen LogP contribution in [-0.2, 0) is 11.3 Å². The van der Waals surface area contributed by atoms with E-state index in [9.17, 15) is 18.8 Å². The van der Waals surface area contributed by atoms with E-state index in [-0.39, 0.29) is 28.3 Å². The molecule has 1 atom stereocenters. The number of ether oxygens (including phenoxy) is 2. The van der Waals surface area contributed by atoms with Crippen molar-refractivity contribution in [3.63, 3.8) is 0 Å². The average Bonchev–Trinajstić information content (AvgIpc) is 3.12. The molecule has 0 saturated carbocycles. The van der Waals surface area contributed by atoms with Gasteiger partial charge in [-0.05, 0) is 48.9 Å². The number of rotatable bonds is 6. The van der Waals surface area contributed by atoms with Crippen molar-refractivity contribution in [1.29, 1.82) is 0 Å². The highest BCUT2D eigenvalue weighted by atomic mass is 79.9. The third kappa shape index (κ3) is 4.44. The molecule has 0 aliphatic carbocycles. The Labute approximate surface area is 214 Å². The van der Waals surface area contributed by atoms with Crippen molar-refractivity contribution in [1.82, 2.24) is 4.90 Å². The summed E-state index contributed by atoms with van der Waals surface area (Å²) in [5.41, 5.74) is 1.54. The molecule has 0 aromatic heterocycles. The minimum absolute atomic E-state index is 0.0330. The standard InChI is InChI=1S/C26H20BrClFNO5/c1-13(31)21-18(26(33)35-3)11-19(27)22-23(21)25(32)30(12-14-4-7-16(34-2)8-5-14)24(22)17-10-15(29)6-9-20(17)28/h4-11,24H,12H2,1-3H3. The maximum atomic E-state index is 14.3. The molecule has 0 bridgehead atoms. The Kier molecular flexibility index (Phi) is 6.96. The van der Waals surface area contributed by atoms with Crippen LogP contribution in [-0.4, -0.2) is 36.8 Å². The number of esters is 1. The van der Waals surface area contributed by atoms with Crippen LogP contribution >= 0.6 is 27.5 Å². The number of amides is 1. The van der Waals surface area contributed by atoms with E-state index in [4.69, 9.17) is 21.1 Å². The van der Waals surface area contributed by atoms with Crippen LogP contribution in [0.1, 0.15) is 60.7 Å². The summed E-state index contributed by atoms with van der Waals surface area (Å²) in [5, 5.41) is 0.255. The van der Waals surface area contributed by atoms with Gasteiger partial charge in [0.05, 0.1) is 31.4 Å². The number of halogens is 3. The number of hydrogen-bond acceptors (Lipinski definition) is 5. The summed E-state index contributed by atoms with van der Waals surface area (Å²) in [6, 6.07) is 11.7. The first kappa shape index (κ1) is 24.9. The lowest BCUT2D eigenvalue weighted by molar-refractivity contribution is 0.0597. The summed E-state index contributed by atoms with van der Waals surface area (Å²) in [4.78, 5) is 40.6. The highest BCUT2D eigenvalue weighted by Gasteiger charge is 2.44. The first-order valence-corrected chi connectivity index (χ1v) is 11.7. The van der Waals surface area contributed by atoms with Crippen molar-refractivity contribution in [2.24, 2.45) is 0 Å². The lowest BCUT2D eigenvalue weighted by atomic mass is 9.90. The number of hydrogen-bond donors (Lipinski definition) is 0. The van der Waals surface area contributed by atoms with E-state index in [0.717, 1.165) is 5.56 Å². The SMILES string of the molecule is COC(=O)c1cc(Br)c2c(c1C(C)=O)C(=O)N(Cc1ccc(OC)cc1)C2c1cc(F)ccc1Cl. The van der Waals surface area contributed by atoms with Gasteiger partial charge in [0.1, 0.15) is 11.6 Å². The van der Waals surface area contributed by atoms with Gasteiger partial charge in [-0.1, -0.05) is 39.7 Å². The Bertz CT molecular complexity index is 1360. The van der Waals surface area contributed by atoms with E-state index in [1.54, 1.807) is 31.4 Å². The summed E-state index contributed by atoms with van der Waals surface area (Å²) in [5.74, 6) is -1.58. The van der Waals surface area contributed by atoms with E-state index in [1.165, 1.54) is 43.2 Å². The van der Waals surface area contributed by atoms with E-state index in [1.807, 2.05) is 0 Å². The largest absolute Gasteiger partial charge is 0.497 e. The third-order valence-electron chi connectivity index (χ3n) is 5.90. The predicted octanol–water partition coefficient (Wildman–Crippen LogP) is 5.98. The fourth-order valence-electron chi connectivity index (χ4n) is 4.35. The highest BCUT2D eigenvalue weighted by molar-refractivity contribution is 9.10. The van der Waals surface area contributed by atoms with Crippen LogP contribution < -0.4 is 4.74 Å². The average molecular weight is 561 g/mol. The molecule has 1 heterocycles. The van der Waals surface area contributed by atoms with Gasteiger partial charge >= 0.3 is 5.97 Å². The lowest BCUT2D eigenvalue weighted by Crippen LogP contribution is -2.29. The minimum Gasteiger partial charge on any atom is -0.497 e. The molecular weight excluding hydrogens is 541 g/mol. The molecule has 0 radical (unpaired) electrons. The molecule has 0 N–H and O–H groups in total. The highest BCUT2D eigenvalue weighted by Crippen LogP contribution is 2.47. The summed E-state index contributed by atoms with van der Waals surface area (Å²) >= 11 is 9.95. The Morgan fingerprint density at radius 2 is 1.80 bits per heavy atom. The zero-order valence-electron chi connectivity index (χ0n) is 19.0. The molecule has 180 valence electrons. The molecule has 3 aromatic rings. The Morgan fingerprint density at radius 1 is 1.11 bits per heavy atom.